The maximum absolute atomic E-state index is 14.7. The number of hydrogen-bond donors (Lipinski definition) is 0. The van der Waals surface area contributed by atoms with Crippen LogP contribution in [0.5, 0.6) is 0 Å². The van der Waals surface area contributed by atoms with Crippen molar-refractivity contribution >= 4 is 16.7 Å². The summed E-state index contributed by atoms with van der Waals surface area (Å²) in [4.78, 5) is 34.3. The van der Waals surface area contributed by atoms with Crippen LogP contribution in [-0.2, 0) is 36.8 Å². The molecule has 0 amide bonds. The van der Waals surface area contributed by atoms with Crippen molar-refractivity contribution in [2.75, 3.05) is 20.6 Å². The highest BCUT2D eigenvalue weighted by molar-refractivity contribution is 5.90. The van der Waals surface area contributed by atoms with E-state index in [1.54, 1.807) is 28.8 Å². The number of hydrogen-bond acceptors (Lipinski definition) is 4. The van der Waals surface area contributed by atoms with Crippen molar-refractivity contribution in [3.63, 3.8) is 0 Å². The molecule has 0 N–H and O–H groups in total. The highest BCUT2D eigenvalue weighted by Crippen LogP contribution is 2.60. The van der Waals surface area contributed by atoms with Crippen LogP contribution in [0, 0.1) is 28.4 Å². The SMILES string of the molecule is CN(C)CC(C)(C)CC1C[C@]1(Cc1ccc(-c2ccc(C(F)(F)F)cc2)cc1)C(=O)Cn1c(CCc2cccc(F)c2F)nc(=O)c2ccccc21. The largest absolute Gasteiger partial charge is 0.416 e. The number of fused-ring (bicyclic) bond motifs is 1. The molecule has 0 spiro atoms. The molecule has 6 rings (SSSR count). The lowest BCUT2D eigenvalue weighted by molar-refractivity contribution is -0.137. The van der Waals surface area contributed by atoms with Crippen molar-refractivity contribution < 1.29 is 26.7 Å². The molecule has 272 valence electrons. The summed E-state index contributed by atoms with van der Waals surface area (Å²) in [6.07, 6.45) is -2.25. The summed E-state index contributed by atoms with van der Waals surface area (Å²) in [5, 5.41) is 0.364. The third-order valence-corrected chi connectivity index (χ3v) is 10.3. The Morgan fingerprint density at radius 3 is 2.19 bits per heavy atom. The third kappa shape index (κ3) is 8.02. The van der Waals surface area contributed by atoms with Crippen LogP contribution in [0.15, 0.2) is 95.8 Å². The van der Waals surface area contributed by atoms with Gasteiger partial charge in [-0.05, 0) is 104 Å². The minimum Gasteiger partial charge on any atom is -0.321 e. The van der Waals surface area contributed by atoms with E-state index in [1.807, 2.05) is 38.4 Å². The summed E-state index contributed by atoms with van der Waals surface area (Å²) in [7, 11) is 4.05. The lowest BCUT2D eigenvalue weighted by atomic mass is 9.81. The monoisotopic (exact) mass is 715 g/mol. The van der Waals surface area contributed by atoms with E-state index in [4.69, 9.17) is 0 Å². The summed E-state index contributed by atoms with van der Waals surface area (Å²) < 4.78 is 69.7. The van der Waals surface area contributed by atoms with E-state index in [1.165, 1.54) is 24.3 Å². The van der Waals surface area contributed by atoms with Crippen LogP contribution in [0.3, 0.4) is 0 Å². The fourth-order valence-electron chi connectivity index (χ4n) is 7.85. The molecule has 0 saturated heterocycles. The second-order valence-corrected chi connectivity index (χ2v) is 15.2. The predicted molar refractivity (Wildman–Crippen MR) is 193 cm³/mol. The fourth-order valence-corrected chi connectivity index (χ4v) is 7.85. The van der Waals surface area contributed by atoms with Crippen molar-refractivity contribution in [2.24, 2.45) is 16.7 Å². The van der Waals surface area contributed by atoms with Gasteiger partial charge in [0.25, 0.3) is 5.56 Å². The average Bonchev–Trinajstić information content (AvgIpc) is 3.77. The first kappa shape index (κ1) is 37.1. The summed E-state index contributed by atoms with van der Waals surface area (Å²) >= 11 is 0. The van der Waals surface area contributed by atoms with Gasteiger partial charge in [-0.3, -0.25) is 9.59 Å². The first-order chi connectivity index (χ1) is 24.6. The number of ketones is 1. The second kappa shape index (κ2) is 14.4. The van der Waals surface area contributed by atoms with E-state index in [-0.39, 0.29) is 42.1 Å². The number of Topliss-reactive ketones (excluding diaryl/α,β-unsaturated/α-hetero) is 1. The van der Waals surface area contributed by atoms with Gasteiger partial charge in [0.05, 0.1) is 23.0 Å². The minimum absolute atomic E-state index is 0.00115. The number of aryl methyl sites for hydroxylation is 2. The van der Waals surface area contributed by atoms with Gasteiger partial charge in [0.1, 0.15) is 5.82 Å². The van der Waals surface area contributed by atoms with Crippen molar-refractivity contribution in [3.05, 3.63) is 135 Å². The highest BCUT2D eigenvalue weighted by Gasteiger charge is 2.59. The van der Waals surface area contributed by atoms with Crippen molar-refractivity contribution in [2.45, 2.75) is 58.7 Å². The molecule has 1 saturated carbocycles. The molecule has 0 radical (unpaired) electrons. The zero-order chi connectivity index (χ0) is 37.4. The van der Waals surface area contributed by atoms with Crippen LogP contribution in [0.2, 0.25) is 0 Å². The van der Waals surface area contributed by atoms with Crippen LogP contribution in [-0.4, -0.2) is 40.9 Å². The van der Waals surface area contributed by atoms with E-state index >= 15 is 0 Å². The van der Waals surface area contributed by atoms with Gasteiger partial charge in [-0.25, -0.2) is 8.78 Å². The lowest BCUT2D eigenvalue weighted by Gasteiger charge is -2.30. The Kier molecular flexibility index (Phi) is 10.2. The quantitative estimate of drug-likeness (QED) is 0.114. The minimum atomic E-state index is -4.41. The Morgan fingerprint density at radius 2 is 1.54 bits per heavy atom. The smallest absolute Gasteiger partial charge is 0.321 e. The number of aromatic nitrogens is 2. The van der Waals surface area contributed by atoms with E-state index in [0.717, 1.165) is 42.3 Å². The Hall–Kier alpha value is -4.70. The number of carbonyl (C=O) groups is 1. The fraction of sp³-hybridized carbons (Fsp3) is 0.357. The van der Waals surface area contributed by atoms with Crippen molar-refractivity contribution in [3.8, 4) is 11.1 Å². The number of carbonyl (C=O) groups excluding carboxylic acids is 1. The molecule has 1 unspecified atom stereocenters. The van der Waals surface area contributed by atoms with Crippen molar-refractivity contribution in [1.82, 2.24) is 14.5 Å². The summed E-state index contributed by atoms with van der Waals surface area (Å²) in [5.74, 6) is -1.49. The number of benzene rings is 4. The molecule has 1 fully saturated rings. The Morgan fingerprint density at radius 1 is 0.885 bits per heavy atom. The number of rotatable bonds is 13. The first-order valence-electron chi connectivity index (χ1n) is 17.4. The molecular weight excluding hydrogens is 673 g/mol. The Balaban J connectivity index is 1.32. The molecule has 1 aliphatic rings. The van der Waals surface area contributed by atoms with Gasteiger partial charge in [-0.15, -0.1) is 0 Å². The molecule has 10 heteroatoms. The number of nitrogens with zero attached hydrogens (tertiary/aromatic N) is 3. The molecule has 1 aliphatic carbocycles. The summed E-state index contributed by atoms with van der Waals surface area (Å²) in [6, 6.07) is 23.6. The van der Waals surface area contributed by atoms with Crippen LogP contribution in [0.1, 0.15) is 49.2 Å². The van der Waals surface area contributed by atoms with Crippen molar-refractivity contribution in [1.29, 1.82) is 0 Å². The van der Waals surface area contributed by atoms with Gasteiger partial charge in [-0.2, -0.15) is 18.2 Å². The molecule has 0 bridgehead atoms. The maximum atomic E-state index is 14.7. The molecule has 1 aromatic heterocycles. The predicted octanol–water partition coefficient (Wildman–Crippen LogP) is 8.94. The highest BCUT2D eigenvalue weighted by atomic mass is 19.4. The third-order valence-electron chi connectivity index (χ3n) is 10.3. The molecule has 4 aromatic carbocycles. The number of para-hydroxylation sites is 1. The summed E-state index contributed by atoms with van der Waals surface area (Å²) in [5.41, 5.74) is 1.12. The summed E-state index contributed by atoms with van der Waals surface area (Å²) in [6.45, 7) is 5.18. The van der Waals surface area contributed by atoms with Crippen LogP contribution in [0.4, 0.5) is 22.0 Å². The molecule has 1 heterocycles. The first-order valence-corrected chi connectivity index (χ1v) is 17.4. The lowest BCUT2D eigenvalue weighted by Crippen LogP contribution is -2.32. The Labute approximate surface area is 300 Å². The van der Waals surface area contributed by atoms with Crippen LogP contribution < -0.4 is 5.56 Å². The molecular formula is C42H42F5N3O2. The molecule has 52 heavy (non-hydrogen) atoms. The molecule has 0 aliphatic heterocycles. The maximum Gasteiger partial charge on any atom is 0.416 e. The number of alkyl halides is 3. The van der Waals surface area contributed by atoms with Gasteiger partial charge < -0.3 is 9.47 Å². The van der Waals surface area contributed by atoms with Gasteiger partial charge in [0, 0.05) is 18.4 Å². The molecule has 2 atom stereocenters. The standard InChI is InChI=1S/C42H42F5N3O2/c1-40(2,26-49(3)4)23-32-24-41(32,22-27-12-14-28(15-13-27)29-16-19-31(20-17-29)42(45,46)47)36(51)25-50-35-11-6-5-9-33(35)39(52)48-37(50)21-18-30-8-7-10-34(43)38(30)44/h5-17,19-20,32H,18,21-26H2,1-4H3/t32?,41-/m0/s1. The topological polar surface area (TPSA) is 55.2 Å². The van der Waals surface area contributed by atoms with Crippen LogP contribution in [0.25, 0.3) is 22.0 Å². The van der Waals surface area contributed by atoms with E-state index in [9.17, 15) is 31.5 Å². The van der Waals surface area contributed by atoms with Gasteiger partial charge in [-0.1, -0.05) is 74.5 Å². The van der Waals surface area contributed by atoms with Crippen LogP contribution >= 0.6 is 0 Å². The van der Waals surface area contributed by atoms with E-state index < -0.39 is 34.3 Å². The Bertz CT molecular complexity index is 2140. The number of halogens is 5. The van der Waals surface area contributed by atoms with E-state index in [0.29, 0.717) is 35.1 Å². The average molecular weight is 716 g/mol. The molecule has 5 nitrogen and oxygen atoms in total. The second-order valence-electron chi connectivity index (χ2n) is 15.2. The zero-order valence-electron chi connectivity index (χ0n) is 29.7. The van der Waals surface area contributed by atoms with Gasteiger partial charge >= 0.3 is 6.18 Å². The van der Waals surface area contributed by atoms with E-state index in [2.05, 4.69) is 23.7 Å². The van der Waals surface area contributed by atoms with Gasteiger partial charge in [0.15, 0.2) is 17.4 Å². The normalized spacial score (nSPS) is 17.5. The zero-order valence-corrected chi connectivity index (χ0v) is 29.7. The van der Waals surface area contributed by atoms with Gasteiger partial charge in [0.2, 0.25) is 0 Å². The molecule has 5 aromatic rings.